The van der Waals surface area contributed by atoms with E-state index in [1.807, 2.05) is 50.2 Å². The number of hydrogen-bond acceptors (Lipinski definition) is 4. The second-order valence-corrected chi connectivity index (χ2v) is 6.18. The minimum atomic E-state index is -0.104. The zero-order chi connectivity index (χ0) is 15.9. The van der Waals surface area contributed by atoms with Crippen molar-refractivity contribution < 1.29 is 13.9 Å². The molecule has 1 N–H and O–H groups in total. The van der Waals surface area contributed by atoms with Crippen molar-refractivity contribution in [3.63, 3.8) is 0 Å². The topological polar surface area (TPSA) is 51.5 Å². The van der Waals surface area contributed by atoms with Crippen molar-refractivity contribution in [3.8, 4) is 5.75 Å². The summed E-state index contributed by atoms with van der Waals surface area (Å²) in [5.74, 6) is 3.24. The summed E-state index contributed by atoms with van der Waals surface area (Å²) in [6, 6.07) is 11.5. The molecule has 118 valence electrons. The minimum absolute atomic E-state index is 0.0302. The Labute approximate surface area is 135 Å². The molecule has 0 aliphatic rings. The van der Waals surface area contributed by atoms with Gasteiger partial charge in [-0.2, -0.15) is 0 Å². The average molecular weight is 319 g/mol. The van der Waals surface area contributed by atoms with Gasteiger partial charge in [0.25, 0.3) is 0 Å². The summed E-state index contributed by atoms with van der Waals surface area (Å²) in [6.45, 7) is 3.82. The number of ether oxygens (including phenoxy) is 1. The van der Waals surface area contributed by atoms with Gasteiger partial charge < -0.3 is 14.5 Å². The molecule has 1 unspecified atom stereocenters. The summed E-state index contributed by atoms with van der Waals surface area (Å²) in [4.78, 5) is 13.1. The van der Waals surface area contributed by atoms with Gasteiger partial charge in [0.2, 0.25) is 5.91 Å². The number of nitrogens with one attached hydrogen (secondary N) is 1. The highest BCUT2D eigenvalue weighted by molar-refractivity contribution is 7.99. The summed E-state index contributed by atoms with van der Waals surface area (Å²) >= 11 is 1.66. The van der Waals surface area contributed by atoms with Crippen LogP contribution in [0.15, 0.2) is 45.7 Å². The first kappa shape index (κ1) is 16.5. The molecule has 0 aliphatic carbocycles. The van der Waals surface area contributed by atoms with E-state index in [-0.39, 0.29) is 11.9 Å². The van der Waals surface area contributed by atoms with Crippen LogP contribution in [-0.4, -0.2) is 18.8 Å². The predicted octanol–water partition coefficient (Wildman–Crippen LogP) is 3.96. The van der Waals surface area contributed by atoms with E-state index in [9.17, 15) is 4.79 Å². The molecule has 2 aromatic rings. The van der Waals surface area contributed by atoms with Gasteiger partial charge in [-0.15, -0.1) is 11.8 Å². The molecular weight excluding hydrogens is 298 g/mol. The first-order chi connectivity index (χ1) is 10.6. The number of furan rings is 1. The molecule has 1 amide bonds. The molecular formula is C17H21NO3S. The highest BCUT2D eigenvalue weighted by atomic mass is 32.2. The quantitative estimate of drug-likeness (QED) is 0.785. The van der Waals surface area contributed by atoms with Gasteiger partial charge in [0, 0.05) is 17.1 Å². The van der Waals surface area contributed by atoms with Crippen molar-refractivity contribution in [2.75, 3.05) is 12.9 Å². The van der Waals surface area contributed by atoms with Gasteiger partial charge in [0.05, 0.1) is 13.2 Å². The fourth-order valence-electron chi connectivity index (χ4n) is 2.00. The molecule has 1 aromatic heterocycles. The monoisotopic (exact) mass is 319 g/mol. The van der Waals surface area contributed by atoms with Crippen LogP contribution in [0.25, 0.3) is 0 Å². The number of benzene rings is 1. The van der Waals surface area contributed by atoms with E-state index in [1.165, 1.54) is 0 Å². The van der Waals surface area contributed by atoms with Crippen LogP contribution in [0.4, 0.5) is 0 Å². The third-order valence-electron chi connectivity index (χ3n) is 3.22. The maximum absolute atomic E-state index is 11.9. The Hall–Kier alpha value is -1.88. The first-order valence-corrected chi connectivity index (χ1v) is 8.19. The van der Waals surface area contributed by atoms with Crippen molar-refractivity contribution in [3.05, 3.63) is 47.9 Å². The van der Waals surface area contributed by atoms with Gasteiger partial charge in [-0.3, -0.25) is 4.79 Å². The van der Waals surface area contributed by atoms with Crippen molar-refractivity contribution in [2.45, 2.75) is 31.2 Å². The maximum atomic E-state index is 11.9. The van der Waals surface area contributed by atoms with Gasteiger partial charge in [-0.05, 0) is 50.2 Å². The van der Waals surface area contributed by atoms with E-state index in [0.29, 0.717) is 6.42 Å². The number of aryl methyl sites for hydroxylation is 1. The molecule has 1 atom stereocenters. The lowest BCUT2D eigenvalue weighted by Crippen LogP contribution is -2.26. The smallest absolute Gasteiger partial charge is 0.221 e. The number of rotatable bonds is 7. The van der Waals surface area contributed by atoms with Crippen LogP contribution >= 0.6 is 11.8 Å². The van der Waals surface area contributed by atoms with E-state index in [0.717, 1.165) is 27.9 Å². The Morgan fingerprint density at radius 1 is 1.27 bits per heavy atom. The molecule has 22 heavy (non-hydrogen) atoms. The van der Waals surface area contributed by atoms with E-state index in [1.54, 1.807) is 18.9 Å². The lowest BCUT2D eigenvalue weighted by atomic mass is 10.2. The van der Waals surface area contributed by atoms with Gasteiger partial charge in [-0.1, -0.05) is 0 Å². The zero-order valence-electron chi connectivity index (χ0n) is 13.1. The van der Waals surface area contributed by atoms with Gasteiger partial charge in [-0.25, -0.2) is 0 Å². The first-order valence-electron chi connectivity index (χ1n) is 7.21. The summed E-state index contributed by atoms with van der Waals surface area (Å²) in [6.07, 6.45) is 0.473. The van der Waals surface area contributed by atoms with Crippen LogP contribution in [0.3, 0.4) is 0 Å². The van der Waals surface area contributed by atoms with Crippen LogP contribution in [0.5, 0.6) is 5.75 Å². The molecule has 0 saturated heterocycles. The lowest BCUT2D eigenvalue weighted by Gasteiger charge is -2.11. The highest BCUT2D eigenvalue weighted by Gasteiger charge is 2.12. The summed E-state index contributed by atoms with van der Waals surface area (Å²) in [5.41, 5.74) is 0. The predicted molar refractivity (Wildman–Crippen MR) is 88.3 cm³/mol. The zero-order valence-corrected chi connectivity index (χ0v) is 13.9. The lowest BCUT2D eigenvalue weighted by molar-refractivity contribution is -0.121. The number of carbonyl (C=O) groups is 1. The maximum Gasteiger partial charge on any atom is 0.221 e. The third kappa shape index (κ3) is 4.84. The van der Waals surface area contributed by atoms with Crippen molar-refractivity contribution >= 4 is 17.7 Å². The van der Waals surface area contributed by atoms with Crippen molar-refractivity contribution in [1.82, 2.24) is 5.32 Å². The Morgan fingerprint density at radius 2 is 2.00 bits per heavy atom. The fraction of sp³-hybridized carbons (Fsp3) is 0.353. The Kier molecular flexibility index (Phi) is 5.95. The van der Waals surface area contributed by atoms with Crippen LogP contribution in [0, 0.1) is 6.92 Å². The number of amides is 1. The molecule has 0 saturated carbocycles. The number of methoxy groups -OCH3 is 1. The molecule has 5 heteroatoms. The van der Waals surface area contributed by atoms with Crippen molar-refractivity contribution in [2.24, 2.45) is 0 Å². The molecule has 4 nitrogen and oxygen atoms in total. The molecule has 0 aliphatic heterocycles. The number of carbonyl (C=O) groups excluding carboxylic acids is 1. The SMILES string of the molecule is COc1ccc(SCCC(=O)NC(C)c2ccc(C)o2)cc1. The highest BCUT2D eigenvalue weighted by Crippen LogP contribution is 2.22. The fourth-order valence-corrected chi connectivity index (χ4v) is 2.86. The van der Waals surface area contributed by atoms with Crippen LogP contribution in [-0.2, 0) is 4.79 Å². The molecule has 0 bridgehead atoms. The second kappa shape index (κ2) is 7.94. The van der Waals surface area contributed by atoms with Gasteiger partial charge in [0.1, 0.15) is 17.3 Å². The van der Waals surface area contributed by atoms with E-state index >= 15 is 0 Å². The molecule has 1 aromatic carbocycles. The summed E-state index contributed by atoms with van der Waals surface area (Å²) in [5, 5.41) is 2.95. The van der Waals surface area contributed by atoms with Crippen LogP contribution in [0.2, 0.25) is 0 Å². The molecule has 0 radical (unpaired) electrons. The van der Waals surface area contributed by atoms with Gasteiger partial charge in [0.15, 0.2) is 0 Å². The largest absolute Gasteiger partial charge is 0.497 e. The summed E-state index contributed by atoms with van der Waals surface area (Å²) in [7, 11) is 1.65. The Morgan fingerprint density at radius 3 is 2.59 bits per heavy atom. The van der Waals surface area contributed by atoms with E-state index in [4.69, 9.17) is 9.15 Å². The normalized spacial score (nSPS) is 12.0. The molecule has 1 heterocycles. The average Bonchev–Trinajstić information content (AvgIpc) is 2.94. The molecule has 2 rings (SSSR count). The Balaban J connectivity index is 1.73. The molecule has 0 spiro atoms. The standard InChI is InChI=1S/C17H21NO3S/c1-12-4-9-16(21-12)13(2)18-17(19)10-11-22-15-7-5-14(20-3)6-8-15/h4-9,13H,10-11H2,1-3H3,(H,18,19). The second-order valence-electron chi connectivity index (χ2n) is 5.01. The molecule has 0 fully saturated rings. The number of hydrogen-bond donors (Lipinski definition) is 1. The van der Waals surface area contributed by atoms with E-state index in [2.05, 4.69) is 5.32 Å². The summed E-state index contributed by atoms with van der Waals surface area (Å²) < 4.78 is 10.6. The van der Waals surface area contributed by atoms with Crippen molar-refractivity contribution in [1.29, 1.82) is 0 Å². The minimum Gasteiger partial charge on any atom is -0.497 e. The third-order valence-corrected chi connectivity index (χ3v) is 4.24. The Bertz CT molecular complexity index is 607. The number of thioether (sulfide) groups is 1. The van der Waals surface area contributed by atoms with Crippen LogP contribution in [0.1, 0.15) is 30.9 Å². The van der Waals surface area contributed by atoms with Crippen LogP contribution < -0.4 is 10.1 Å². The van der Waals surface area contributed by atoms with Gasteiger partial charge >= 0.3 is 0 Å². The van der Waals surface area contributed by atoms with E-state index < -0.39 is 0 Å².